The maximum atomic E-state index is 13.4. The van der Waals surface area contributed by atoms with E-state index in [9.17, 15) is 13.2 Å². The maximum Gasteiger partial charge on any atom is 0.394 e. The molecule has 0 spiro atoms. The van der Waals surface area contributed by atoms with Gasteiger partial charge in [-0.25, -0.2) is 9.97 Å². The van der Waals surface area contributed by atoms with Gasteiger partial charge in [0.25, 0.3) is 0 Å². The third-order valence-corrected chi connectivity index (χ3v) is 10.9. The predicted molar refractivity (Wildman–Crippen MR) is 167 cm³/mol. The average Bonchev–Trinajstić information content (AvgIpc) is 3.56. The zero-order chi connectivity index (χ0) is 29.5. The van der Waals surface area contributed by atoms with Gasteiger partial charge in [-0.2, -0.15) is 17.7 Å². The Bertz CT molecular complexity index is 1920. The molecule has 0 aliphatic carbocycles. The first-order chi connectivity index (χ1) is 19.2. The zero-order valence-electron chi connectivity index (χ0n) is 24.0. The van der Waals surface area contributed by atoms with Crippen molar-refractivity contribution < 1.29 is 17.7 Å². The Labute approximate surface area is 249 Å². The number of aryl methyl sites for hydroxylation is 2. The summed E-state index contributed by atoms with van der Waals surface area (Å²) in [5.41, 5.74) is 4.13. The van der Waals surface area contributed by atoms with Crippen LogP contribution in [0, 0.1) is 12.3 Å². The van der Waals surface area contributed by atoms with Gasteiger partial charge in [0.05, 0.1) is 16.0 Å². The number of aromatic nitrogens is 3. The topological polar surface area (TPSA) is 29.7 Å². The Balaban J connectivity index is 1.47. The molecule has 6 rings (SSSR count). The van der Waals surface area contributed by atoms with Crippen molar-refractivity contribution in [3.8, 4) is 21.8 Å². The van der Waals surface area contributed by atoms with Gasteiger partial charge in [0.2, 0.25) is 5.69 Å². The summed E-state index contributed by atoms with van der Waals surface area (Å²) in [4.78, 5) is 10.8. The van der Waals surface area contributed by atoms with Gasteiger partial charge < -0.3 is 0 Å². The molecule has 0 N–H and O–H groups in total. The molecular weight excluding hydrogens is 580 g/mol. The summed E-state index contributed by atoms with van der Waals surface area (Å²) in [6.45, 7) is 11.4. The molecule has 0 atom stereocenters. The second kappa shape index (κ2) is 9.57. The number of rotatable bonds is 4. The molecule has 0 radical (unpaired) electrons. The highest BCUT2D eigenvalue weighted by Gasteiger charge is 2.47. The van der Waals surface area contributed by atoms with Crippen molar-refractivity contribution in [2.75, 3.05) is 0 Å². The van der Waals surface area contributed by atoms with E-state index >= 15 is 0 Å². The molecule has 212 valence electrons. The van der Waals surface area contributed by atoms with Crippen LogP contribution in [0.25, 0.3) is 52.3 Å². The standard InChI is InChI=1S/C32H31F3N3S3/c1-17-18-10-8-9-11-19(18)23(30(2,3)4)14-21(17)25-26-20(12-13-38(25)7)22(16-39-26)27-37-29-28(41-27)36-24(40-29)15-31(5,6)32(33,34)35/h8-14,16H,15H2,1-7H3/q+1. The van der Waals surface area contributed by atoms with Crippen LogP contribution in [0.3, 0.4) is 0 Å². The molecule has 9 heteroatoms. The van der Waals surface area contributed by atoms with Crippen molar-refractivity contribution in [2.45, 2.75) is 59.6 Å². The van der Waals surface area contributed by atoms with Crippen LogP contribution in [-0.4, -0.2) is 16.1 Å². The number of halogens is 3. The molecule has 6 aromatic rings. The predicted octanol–water partition coefficient (Wildman–Crippen LogP) is 10.0. The second-order valence-electron chi connectivity index (χ2n) is 12.4. The van der Waals surface area contributed by atoms with E-state index < -0.39 is 11.6 Å². The number of thiazole rings is 2. The van der Waals surface area contributed by atoms with Gasteiger partial charge >= 0.3 is 6.18 Å². The van der Waals surface area contributed by atoms with E-state index in [0.717, 1.165) is 16.0 Å². The van der Waals surface area contributed by atoms with Crippen molar-refractivity contribution in [1.82, 2.24) is 9.97 Å². The van der Waals surface area contributed by atoms with Crippen LogP contribution in [0.2, 0.25) is 0 Å². The molecule has 4 aromatic heterocycles. The lowest BCUT2D eigenvalue weighted by atomic mass is 9.80. The third kappa shape index (κ3) is 4.76. The number of hydrogen-bond acceptors (Lipinski definition) is 5. The molecular formula is C32H31F3N3S3+. The minimum absolute atomic E-state index is 0.0249. The molecule has 0 aliphatic heterocycles. The molecule has 0 bridgehead atoms. The third-order valence-electron chi connectivity index (χ3n) is 7.85. The van der Waals surface area contributed by atoms with E-state index in [1.807, 2.05) is 0 Å². The minimum Gasteiger partial charge on any atom is -0.228 e. The fraction of sp³-hybridized carbons (Fsp3) is 0.344. The quantitative estimate of drug-likeness (QED) is 0.186. The zero-order valence-corrected chi connectivity index (χ0v) is 26.5. The average molecular weight is 611 g/mol. The highest BCUT2D eigenvalue weighted by atomic mass is 32.1. The van der Waals surface area contributed by atoms with Crippen LogP contribution in [0.1, 0.15) is 50.8 Å². The lowest BCUT2D eigenvalue weighted by Crippen LogP contribution is -2.34. The van der Waals surface area contributed by atoms with E-state index in [1.165, 1.54) is 74.4 Å². The number of benzene rings is 2. The van der Waals surface area contributed by atoms with Gasteiger partial charge in [0, 0.05) is 28.8 Å². The van der Waals surface area contributed by atoms with Crippen molar-refractivity contribution >= 4 is 64.5 Å². The number of nitrogens with zero attached hydrogens (tertiary/aromatic N) is 3. The van der Waals surface area contributed by atoms with E-state index in [0.29, 0.717) is 14.7 Å². The van der Waals surface area contributed by atoms with Crippen LogP contribution < -0.4 is 4.57 Å². The molecule has 2 aromatic carbocycles. The first-order valence-corrected chi connectivity index (χ1v) is 15.9. The Morgan fingerprint density at radius 1 is 0.854 bits per heavy atom. The smallest absolute Gasteiger partial charge is 0.228 e. The molecule has 41 heavy (non-hydrogen) atoms. The van der Waals surface area contributed by atoms with Gasteiger partial charge in [-0.05, 0) is 40.3 Å². The lowest BCUT2D eigenvalue weighted by molar-refractivity contribution is -0.659. The van der Waals surface area contributed by atoms with E-state index in [2.05, 4.69) is 92.3 Å². The van der Waals surface area contributed by atoms with Crippen molar-refractivity contribution in [1.29, 1.82) is 0 Å². The van der Waals surface area contributed by atoms with Crippen LogP contribution in [0.5, 0.6) is 0 Å². The van der Waals surface area contributed by atoms with Gasteiger partial charge in [-0.15, -0.1) is 11.3 Å². The summed E-state index contributed by atoms with van der Waals surface area (Å²) in [5.74, 6) is 0. The molecule has 0 fully saturated rings. The Morgan fingerprint density at radius 2 is 1.54 bits per heavy atom. The summed E-state index contributed by atoms with van der Waals surface area (Å²) in [5, 5.41) is 7.13. The lowest BCUT2D eigenvalue weighted by Gasteiger charge is -2.26. The van der Waals surface area contributed by atoms with E-state index in [1.54, 1.807) is 11.3 Å². The first-order valence-electron chi connectivity index (χ1n) is 13.4. The van der Waals surface area contributed by atoms with Gasteiger partial charge in [-0.1, -0.05) is 81.6 Å². The summed E-state index contributed by atoms with van der Waals surface area (Å²) in [6.07, 6.45) is -2.33. The van der Waals surface area contributed by atoms with Gasteiger partial charge in [0.1, 0.15) is 16.8 Å². The number of pyridine rings is 1. The fourth-order valence-corrected chi connectivity index (χ4v) is 8.89. The highest BCUT2D eigenvalue weighted by Crippen LogP contribution is 2.45. The summed E-state index contributed by atoms with van der Waals surface area (Å²) in [7, 11) is 2.09. The minimum atomic E-state index is -4.29. The summed E-state index contributed by atoms with van der Waals surface area (Å²) >= 11 is 4.41. The molecule has 0 unspecified atom stereocenters. The maximum absolute atomic E-state index is 13.4. The normalized spacial score (nSPS) is 13.2. The Morgan fingerprint density at radius 3 is 2.20 bits per heavy atom. The molecule has 0 amide bonds. The van der Waals surface area contributed by atoms with E-state index in [-0.39, 0.29) is 11.8 Å². The van der Waals surface area contributed by atoms with Gasteiger partial charge in [0.15, 0.2) is 15.9 Å². The largest absolute Gasteiger partial charge is 0.394 e. The monoisotopic (exact) mass is 610 g/mol. The fourth-order valence-electron chi connectivity index (χ4n) is 5.35. The van der Waals surface area contributed by atoms with E-state index in [4.69, 9.17) is 4.98 Å². The molecule has 0 saturated heterocycles. The number of fused-ring (bicyclic) bond motifs is 3. The summed E-state index contributed by atoms with van der Waals surface area (Å²) < 4.78 is 43.7. The SMILES string of the molecule is Cc1c(-c2c3scc(-c4nc5sc(CC(C)(C)C(F)(F)F)nc5s4)c3cc[n+]2C)cc(C(C)(C)C)c2ccccc12. The molecule has 0 saturated carbocycles. The number of thiophene rings is 1. The van der Waals surface area contributed by atoms with Crippen LogP contribution >= 0.6 is 34.0 Å². The first kappa shape index (κ1) is 28.2. The van der Waals surface area contributed by atoms with Crippen molar-refractivity contribution in [3.05, 3.63) is 64.1 Å². The second-order valence-corrected chi connectivity index (χ2v) is 15.3. The number of alkyl halides is 3. The molecule has 0 aliphatic rings. The van der Waals surface area contributed by atoms with Crippen molar-refractivity contribution in [3.63, 3.8) is 0 Å². The highest BCUT2D eigenvalue weighted by molar-refractivity contribution is 7.28. The Hall–Kier alpha value is -2.88. The van der Waals surface area contributed by atoms with Crippen LogP contribution in [-0.2, 0) is 18.9 Å². The molecule has 4 heterocycles. The van der Waals surface area contributed by atoms with Gasteiger partial charge in [-0.3, -0.25) is 0 Å². The number of hydrogen-bond donors (Lipinski definition) is 0. The van der Waals surface area contributed by atoms with Crippen LogP contribution in [0.4, 0.5) is 13.2 Å². The van der Waals surface area contributed by atoms with Crippen LogP contribution in [0.15, 0.2) is 48.0 Å². The molecule has 3 nitrogen and oxygen atoms in total. The Kier molecular flexibility index (Phi) is 6.60. The van der Waals surface area contributed by atoms with Crippen molar-refractivity contribution in [2.24, 2.45) is 12.5 Å². The summed E-state index contributed by atoms with van der Waals surface area (Å²) in [6, 6.07) is 13.1.